The van der Waals surface area contributed by atoms with Crippen molar-refractivity contribution in [2.24, 2.45) is 0 Å². The molecule has 4 rings (SSSR count). The Hall–Kier alpha value is -3.17. The molecule has 0 fully saturated rings. The van der Waals surface area contributed by atoms with E-state index in [9.17, 15) is 22.8 Å². The largest absolute Gasteiger partial charge is 0.478 e. The highest BCUT2D eigenvalue weighted by atomic mass is 32.1. The van der Waals surface area contributed by atoms with Gasteiger partial charge in [-0.15, -0.1) is 11.3 Å². The van der Waals surface area contributed by atoms with Crippen LogP contribution in [0.15, 0.2) is 48.5 Å². The zero-order valence-electron chi connectivity index (χ0n) is 18.2. The van der Waals surface area contributed by atoms with Crippen LogP contribution in [0.2, 0.25) is 0 Å². The van der Waals surface area contributed by atoms with Crippen LogP contribution in [0.1, 0.15) is 65.7 Å². The molecule has 1 unspecified atom stereocenters. The normalized spacial score (nSPS) is 14.4. The summed E-state index contributed by atoms with van der Waals surface area (Å²) in [4.78, 5) is 26.0. The van der Waals surface area contributed by atoms with Gasteiger partial charge in [-0.2, -0.15) is 13.2 Å². The van der Waals surface area contributed by atoms with E-state index in [1.807, 2.05) is 0 Å². The third kappa shape index (κ3) is 5.15. The van der Waals surface area contributed by atoms with Gasteiger partial charge in [0.25, 0.3) is 5.91 Å². The zero-order chi connectivity index (χ0) is 24.5. The average molecular weight is 490 g/mol. The number of benzene rings is 2. The van der Waals surface area contributed by atoms with Crippen molar-refractivity contribution < 1.29 is 32.6 Å². The van der Waals surface area contributed by atoms with E-state index in [-0.39, 0.29) is 17.9 Å². The molecule has 1 atom stereocenters. The van der Waals surface area contributed by atoms with Gasteiger partial charge in [-0.25, -0.2) is 4.79 Å². The van der Waals surface area contributed by atoms with Crippen molar-refractivity contribution in [1.82, 2.24) is 5.32 Å². The first-order valence-corrected chi connectivity index (χ1v) is 11.5. The number of hydrogen-bond acceptors (Lipinski definition) is 4. The molecule has 1 aliphatic heterocycles. The fourth-order valence-electron chi connectivity index (χ4n) is 3.99. The van der Waals surface area contributed by atoms with E-state index in [0.29, 0.717) is 35.6 Å². The second-order valence-electron chi connectivity index (χ2n) is 8.10. The Morgan fingerprint density at radius 3 is 2.59 bits per heavy atom. The second-order valence-corrected chi connectivity index (χ2v) is 9.29. The maximum absolute atomic E-state index is 13.4. The standard InChI is InChI=1S/C25H22F3NO4S/c1-14(16-5-7-17(8-6-16)24(31)32)29-23(30)22-19-9-10-33-13-21(19)34-20(22)12-15-3-2-4-18(11-15)25(26,27)28/h2-8,11,14H,9-10,12-13H2,1H3,(H,29,30)(H,31,32). The average Bonchev–Trinajstić information content (AvgIpc) is 3.16. The quantitative estimate of drug-likeness (QED) is 0.471. The Labute approximate surface area is 198 Å². The number of halogens is 3. The first-order valence-electron chi connectivity index (χ1n) is 10.6. The summed E-state index contributed by atoms with van der Waals surface area (Å²) < 4.78 is 45.0. The van der Waals surface area contributed by atoms with Gasteiger partial charge in [-0.1, -0.05) is 30.3 Å². The number of rotatable bonds is 6. The number of nitrogens with one attached hydrogen (secondary N) is 1. The predicted octanol–water partition coefficient (Wildman–Crippen LogP) is 5.62. The summed E-state index contributed by atoms with van der Waals surface area (Å²) in [7, 11) is 0. The van der Waals surface area contributed by atoms with Crippen molar-refractivity contribution in [2.75, 3.05) is 6.61 Å². The van der Waals surface area contributed by atoms with E-state index in [4.69, 9.17) is 9.84 Å². The summed E-state index contributed by atoms with van der Waals surface area (Å²) >= 11 is 1.39. The lowest BCUT2D eigenvalue weighted by atomic mass is 9.98. The van der Waals surface area contributed by atoms with Crippen LogP contribution in [-0.2, 0) is 30.4 Å². The highest BCUT2D eigenvalue weighted by molar-refractivity contribution is 7.12. The Kier molecular flexibility index (Phi) is 6.77. The molecule has 0 aliphatic carbocycles. The third-order valence-electron chi connectivity index (χ3n) is 5.74. The van der Waals surface area contributed by atoms with Crippen LogP contribution in [0, 0.1) is 0 Å². The number of hydrogen-bond donors (Lipinski definition) is 2. The molecule has 1 amide bonds. The molecule has 0 saturated carbocycles. The summed E-state index contributed by atoms with van der Waals surface area (Å²) in [5, 5.41) is 12.0. The third-order valence-corrected chi connectivity index (χ3v) is 6.95. The van der Waals surface area contributed by atoms with Gasteiger partial charge in [0.05, 0.1) is 35.9 Å². The number of ether oxygens (including phenoxy) is 1. The molecule has 0 spiro atoms. The first kappa shape index (κ1) is 24.0. The van der Waals surface area contributed by atoms with E-state index in [1.54, 1.807) is 25.1 Å². The smallest absolute Gasteiger partial charge is 0.416 e. The SMILES string of the molecule is CC(NC(=O)c1c(Cc2cccc(C(F)(F)F)c2)sc2c1CCOC2)c1ccc(C(=O)O)cc1. The molecular formula is C25H22F3NO4S. The Balaban J connectivity index is 1.61. The fourth-order valence-corrected chi connectivity index (χ4v) is 5.31. The van der Waals surface area contributed by atoms with Crippen molar-refractivity contribution in [2.45, 2.75) is 38.6 Å². The molecule has 2 aromatic carbocycles. The molecule has 1 aliphatic rings. The lowest BCUT2D eigenvalue weighted by Gasteiger charge is -2.18. The minimum absolute atomic E-state index is 0.151. The van der Waals surface area contributed by atoms with Gasteiger partial charge in [-0.05, 0) is 48.2 Å². The molecule has 3 aromatic rings. The summed E-state index contributed by atoms with van der Waals surface area (Å²) in [6.07, 6.45) is -3.69. The molecule has 1 aromatic heterocycles. The molecule has 9 heteroatoms. The molecular weight excluding hydrogens is 467 g/mol. The fraction of sp³-hybridized carbons (Fsp3) is 0.280. The Morgan fingerprint density at radius 2 is 1.91 bits per heavy atom. The van der Waals surface area contributed by atoms with Gasteiger partial charge < -0.3 is 15.2 Å². The topological polar surface area (TPSA) is 75.6 Å². The number of aromatic carboxylic acids is 1. The minimum Gasteiger partial charge on any atom is -0.478 e. The highest BCUT2D eigenvalue weighted by Gasteiger charge is 2.31. The number of carboxylic acid groups (broad SMARTS) is 1. The molecule has 2 heterocycles. The molecule has 0 bridgehead atoms. The van der Waals surface area contributed by atoms with E-state index < -0.39 is 23.8 Å². The van der Waals surface area contributed by atoms with Crippen molar-refractivity contribution in [1.29, 1.82) is 0 Å². The van der Waals surface area contributed by atoms with Gasteiger partial charge in [-0.3, -0.25) is 4.79 Å². The molecule has 178 valence electrons. The van der Waals surface area contributed by atoms with Crippen LogP contribution in [0.4, 0.5) is 13.2 Å². The second kappa shape index (κ2) is 9.60. The molecule has 5 nitrogen and oxygen atoms in total. The van der Waals surface area contributed by atoms with Crippen LogP contribution >= 0.6 is 11.3 Å². The molecule has 2 N–H and O–H groups in total. The number of carboxylic acids is 1. The van der Waals surface area contributed by atoms with Gasteiger partial charge >= 0.3 is 12.1 Å². The number of carbonyl (C=O) groups excluding carboxylic acids is 1. The number of thiophene rings is 1. The maximum atomic E-state index is 13.4. The lowest BCUT2D eigenvalue weighted by molar-refractivity contribution is -0.137. The van der Waals surface area contributed by atoms with Crippen LogP contribution < -0.4 is 5.32 Å². The monoisotopic (exact) mass is 489 g/mol. The van der Waals surface area contributed by atoms with Gasteiger partial charge in [0.1, 0.15) is 0 Å². The van der Waals surface area contributed by atoms with Gasteiger partial charge in [0.15, 0.2) is 0 Å². The zero-order valence-corrected chi connectivity index (χ0v) is 19.1. The van der Waals surface area contributed by atoms with E-state index in [2.05, 4.69) is 5.32 Å². The van der Waals surface area contributed by atoms with Gasteiger partial charge in [0, 0.05) is 16.2 Å². The summed E-state index contributed by atoms with van der Waals surface area (Å²) in [5.41, 5.74) is 2.02. The van der Waals surface area contributed by atoms with Crippen LogP contribution in [0.3, 0.4) is 0 Å². The number of amides is 1. The van der Waals surface area contributed by atoms with E-state index in [1.165, 1.54) is 29.5 Å². The Morgan fingerprint density at radius 1 is 1.18 bits per heavy atom. The van der Waals surface area contributed by atoms with Crippen LogP contribution in [0.25, 0.3) is 0 Å². The van der Waals surface area contributed by atoms with Gasteiger partial charge in [0.2, 0.25) is 0 Å². The summed E-state index contributed by atoms with van der Waals surface area (Å²) in [6.45, 7) is 2.64. The number of carbonyl (C=O) groups is 2. The lowest BCUT2D eigenvalue weighted by Crippen LogP contribution is -2.28. The Bertz CT molecular complexity index is 1220. The maximum Gasteiger partial charge on any atom is 0.416 e. The number of fused-ring (bicyclic) bond motifs is 1. The van der Waals surface area contributed by atoms with Crippen molar-refractivity contribution in [3.8, 4) is 0 Å². The highest BCUT2D eigenvalue weighted by Crippen LogP contribution is 2.35. The molecule has 0 radical (unpaired) electrons. The first-order chi connectivity index (χ1) is 16.1. The minimum atomic E-state index is -4.44. The number of alkyl halides is 3. The molecule has 34 heavy (non-hydrogen) atoms. The summed E-state index contributed by atoms with van der Waals surface area (Å²) in [5.74, 6) is -1.34. The molecule has 0 saturated heterocycles. The van der Waals surface area contributed by atoms with Crippen LogP contribution in [-0.4, -0.2) is 23.6 Å². The van der Waals surface area contributed by atoms with Crippen molar-refractivity contribution in [3.05, 3.63) is 91.7 Å². The van der Waals surface area contributed by atoms with Crippen molar-refractivity contribution in [3.63, 3.8) is 0 Å². The van der Waals surface area contributed by atoms with Crippen LogP contribution in [0.5, 0.6) is 0 Å². The summed E-state index contributed by atoms with van der Waals surface area (Å²) in [6, 6.07) is 11.0. The van der Waals surface area contributed by atoms with E-state index in [0.717, 1.165) is 28.1 Å². The van der Waals surface area contributed by atoms with E-state index >= 15 is 0 Å². The predicted molar refractivity (Wildman–Crippen MR) is 121 cm³/mol. The van der Waals surface area contributed by atoms with Crippen molar-refractivity contribution >= 4 is 23.2 Å².